The molecular weight excluding hydrogens is 386 g/mol. The number of hydrogen-bond donors (Lipinski definition) is 2. The maximum Gasteiger partial charge on any atom is 0.191 e. The van der Waals surface area contributed by atoms with E-state index in [1.807, 2.05) is 51.1 Å². The molecule has 0 aromatic heterocycles. The topological polar surface area (TPSA) is 79.8 Å². The van der Waals surface area contributed by atoms with Crippen LogP contribution in [0.15, 0.2) is 52.4 Å². The minimum Gasteiger partial charge on any atom is -0.489 e. The fourth-order valence-corrected chi connectivity index (χ4v) is 3.88. The predicted molar refractivity (Wildman–Crippen MR) is 118 cm³/mol. The molecule has 0 amide bonds. The Balaban J connectivity index is 1.99. The summed E-state index contributed by atoms with van der Waals surface area (Å²) < 4.78 is 29.5. The van der Waals surface area contributed by atoms with Crippen molar-refractivity contribution >= 4 is 15.8 Å². The second-order valence-electron chi connectivity index (χ2n) is 7.14. The van der Waals surface area contributed by atoms with Crippen molar-refractivity contribution in [3.8, 4) is 5.75 Å². The monoisotopic (exact) mass is 417 g/mol. The molecule has 2 N–H and O–H groups in total. The van der Waals surface area contributed by atoms with Crippen molar-refractivity contribution in [3.63, 3.8) is 0 Å². The molecule has 0 bridgehead atoms. The van der Waals surface area contributed by atoms with Crippen LogP contribution in [0.2, 0.25) is 0 Å². The lowest BCUT2D eigenvalue weighted by atomic mass is 10.1. The van der Waals surface area contributed by atoms with Crippen LogP contribution in [0.1, 0.15) is 30.5 Å². The summed E-state index contributed by atoms with van der Waals surface area (Å²) in [6, 6.07) is 13.3. The summed E-state index contributed by atoms with van der Waals surface area (Å²) in [6.45, 7) is 9.64. The van der Waals surface area contributed by atoms with Crippen LogP contribution >= 0.6 is 0 Å². The van der Waals surface area contributed by atoms with E-state index in [-0.39, 0.29) is 6.10 Å². The van der Waals surface area contributed by atoms with Gasteiger partial charge in [0.2, 0.25) is 0 Å². The van der Waals surface area contributed by atoms with Crippen molar-refractivity contribution in [2.75, 3.05) is 19.3 Å². The van der Waals surface area contributed by atoms with Gasteiger partial charge in [-0.2, -0.15) is 0 Å². The van der Waals surface area contributed by atoms with Crippen molar-refractivity contribution < 1.29 is 13.2 Å². The van der Waals surface area contributed by atoms with Gasteiger partial charge in [-0.15, -0.1) is 0 Å². The number of aryl methyl sites for hydroxylation is 2. The van der Waals surface area contributed by atoms with Gasteiger partial charge in [0.15, 0.2) is 15.8 Å². The van der Waals surface area contributed by atoms with Gasteiger partial charge in [-0.1, -0.05) is 30.3 Å². The van der Waals surface area contributed by atoms with Gasteiger partial charge < -0.3 is 15.4 Å². The van der Waals surface area contributed by atoms with Crippen LogP contribution in [0.3, 0.4) is 0 Å². The van der Waals surface area contributed by atoms with Crippen molar-refractivity contribution in [1.29, 1.82) is 0 Å². The zero-order valence-electron chi connectivity index (χ0n) is 17.8. The molecule has 0 aliphatic carbocycles. The molecule has 158 valence electrons. The van der Waals surface area contributed by atoms with E-state index in [2.05, 4.69) is 15.6 Å². The second-order valence-corrected chi connectivity index (χ2v) is 9.13. The Morgan fingerprint density at radius 1 is 1.10 bits per heavy atom. The molecule has 0 spiro atoms. The number of hydrogen-bond acceptors (Lipinski definition) is 4. The van der Waals surface area contributed by atoms with E-state index >= 15 is 0 Å². The number of guanidine groups is 1. The molecule has 0 aliphatic heterocycles. The van der Waals surface area contributed by atoms with Crippen LogP contribution in [-0.4, -0.2) is 39.8 Å². The van der Waals surface area contributed by atoms with E-state index in [4.69, 9.17) is 4.74 Å². The predicted octanol–water partition coefficient (Wildman–Crippen LogP) is 3.23. The zero-order valence-corrected chi connectivity index (χ0v) is 18.6. The number of ether oxygens (including phenoxy) is 1. The molecule has 7 heteroatoms. The highest BCUT2D eigenvalue weighted by atomic mass is 32.2. The van der Waals surface area contributed by atoms with Gasteiger partial charge in [-0.05, 0) is 56.5 Å². The Bertz CT molecular complexity index is 956. The maximum absolute atomic E-state index is 11.8. The summed E-state index contributed by atoms with van der Waals surface area (Å²) in [7, 11) is -3.21. The van der Waals surface area contributed by atoms with Crippen LogP contribution in [0.4, 0.5) is 0 Å². The first-order valence-corrected chi connectivity index (χ1v) is 11.6. The van der Waals surface area contributed by atoms with Crippen LogP contribution in [0, 0.1) is 13.8 Å². The Morgan fingerprint density at radius 2 is 1.83 bits per heavy atom. The molecule has 2 aromatic rings. The third-order valence-electron chi connectivity index (χ3n) is 4.38. The average Bonchev–Trinajstić information content (AvgIpc) is 2.65. The zero-order chi connectivity index (χ0) is 21.4. The number of nitrogens with zero attached hydrogens (tertiary/aromatic N) is 1. The molecule has 0 aliphatic rings. The summed E-state index contributed by atoms with van der Waals surface area (Å²) in [5, 5.41) is 6.52. The molecule has 0 fully saturated rings. The molecule has 6 nitrogen and oxygen atoms in total. The highest BCUT2D eigenvalue weighted by Gasteiger charge is 2.11. The Morgan fingerprint density at radius 3 is 2.45 bits per heavy atom. The molecule has 2 rings (SSSR count). The van der Waals surface area contributed by atoms with Crippen LogP contribution in [0.5, 0.6) is 5.75 Å². The van der Waals surface area contributed by atoms with E-state index in [0.717, 1.165) is 29.0 Å². The minimum absolute atomic E-state index is 0.0313. The second kappa shape index (κ2) is 10.3. The van der Waals surface area contributed by atoms with Crippen LogP contribution in [-0.2, 0) is 16.4 Å². The van der Waals surface area contributed by atoms with Crippen molar-refractivity contribution in [1.82, 2.24) is 10.6 Å². The van der Waals surface area contributed by atoms with E-state index in [1.54, 1.807) is 19.1 Å². The molecule has 1 atom stereocenters. The van der Waals surface area contributed by atoms with Crippen LogP contribution < -0.4 is 15.4 Å². The smallest absolute Gasteiger partial charge is 0.191 e. The van der Waals surface area contributed by atoms with Gasteiger partial charge in [-0.3, -0.25) is 0 Å². The third kappa shape index (κ3) is 7.09. The largest absolute Gasteiger partial charge is 0.489 e. The van der Waals surface area contributed by atoms with Crippen molar-refractivity contribution in [2.45, 2.75) is 45.2 Å². The molecule has 0 saturated heterocycles. The maximum atomic E-state index is 11.8. The first kappa shape index (κ1) is 22.7. The van der Waals surface area contributed by atoms with Gasteiger partial charge in [0.05, 0.1) is 18.0 Å². The fourth-order valence-electron chi connectivity index (χ4n) is 2.93. The lowest BCUT2D eigenvalue weighted by molar-refractivity contribution is 0.222. The molecule has 0 radical (unpaired) electrons. The summed E-state index contributed by atoms with van der Waals surface area (Å²) in [6.07, 6.45) is 1.19. The summed E-state index contributed by atoms with van der Waals surface area (Å²) >= 11 is 0. The molecule has 1 unspecified atom stereocenters. The molecule has 2 aromatic carbocycles. The van der Waals surface area contributed by atoms with E-state index < -0.39 is 9.84 Å². The van der Waals surface area contributed by atoms with E-state index in [0.29, 0.717) is 23.9 Å². The van der Waals surface area contributed by atoms with Crippen molar-refractivity contribution in [3.05, 3.63) is 59.2 Å². The summed E-state index contributed by atoms with van der Waals surface area (Å²) in [5.74, 6) is 1.57. The number of nitrogens with one attached hydrogen (secondary N) is 2. The number of rotatable bonds is 8. The van der Waals surface area contributed by atoms with Gasteiger partial charge in [0, 0.05) is 12.8 Å². The molecular formula is C22H31N3O3S. The van der Waals surface area contributed by atoms with E-state index in [9.17, 15) is 8.42 Å². The quantitative estimate of drug-likeness (QED) is 0.509. The SMILES string of the molecule is CCNC(=NCc1ccc(S(C)(=O)=O)c(C)c1)NCC(C)Oc1ccccc1C. The first-order chi connectivity index (χ1) is 13.7. The standard InChI is InChI=1S/C22H31N3O3S/c1-6-23-22(24-14-18(4)28-20-10-8-7-9-16(20)2)25-15-19-11-12-21(17(3)13-19)29(5,26)27/h7-13,18H,6,14-15H2,1-5H3,(H2,23,24,25). The highest BCUT2D eigenvalue weighted by Crippen LogP contribution is 2.18. The molecule has 29 heavy (non-hydrogen) atoms. The number of aliphatic imine (C=N–C) groups is 1. The van der Waals surface area contributed by atoms with Gasteiger partial charge in [-0.25, -0.2) is 13.4 Å². The van der Waals surface area contributed by atoms with Gasteiger partial charge >= 0.3 is 0 Å². The first-order valence-electron chi connectivity index (χ1n) is 9.74. The Labute approximate surface area is 174 Å². The minimum atomic E-state index is -3.21. The lowest BCUT2D eigenvalue weighted by Crippen LogP contribution is -2.41. The number of para-hydroxylation sites is 1. The summed E-state index contributed by atoms with van der Waals surface area (Å²) in [5.41, 5.74) is 2.79. The number of sulfone groups is 1. The average molecular weight is 418 g/mol. The number of benzene rings is 2. The van der Waals surface area contributed by atoms with Crippen LogP contribution in [0.25, 0.3) is 0 Å². The van der Waals surface area contributed by atoms with Crippen molar-refractivity contribution in [2.24, 2.45) is 4.99 Å². The van der Waals surface area contributed by atoms with E-state index in [1.165, 1.54) is 6.26 Å². The molecule has 0 saturated carbocycles. The Hall–Kier alpha value is -2.54. The van der Waals surface area contributed by atoms with Gasteiger partial charge in [0.1, 0.15) is 11.9 Å². The Kier molecular flexibility index (Phi) is 8.08. The highest BCUT2D eigenvalue weighted by molar-refractivity contribution is 7.90. The summed E-state index contributed by atoms with van der Waals surface area (Å²) in [4.78, 5) is 4.96. The lowest BCUT2D eigenvalue weighted by Gasteiger charge is -2.18. The van der Waals surface area contributed by atoms with Gasteiger partial charge in [0.25, 0.3) is 0 Å². The normalized spacial score (nSPS) is 13.1. The molecule has 0 heterocycles. The fraction of sp³-hybridized carbons (Fsp3) is 0.409. The third-order valence-corrected chi connectivity index (χ3v) is 5.64.